The molecule has 0 aromatic heterocycles. The van der Waals surface area contributed by atoms with E-state index in [0.29, 0.717) is 0 Å². The van der Waals surface area contributed by atoms with Crippen LogP contribution < -0.4 is 18.9 Å². The molecule has 0 unspecified atom stereocenters. The topological polar surface area (TPSA) is 0 Å². The molecule has 0 nitrogen and oxygen atoms in total. The first-order valence-electron chi connectivity index (χ1n) is 4.90. The molecule has 0 atom stereocenters. The molecule has 0 spiro atoms. The Morgan fingerprint density at radius 1 is 0.800 bits per heavy atom. The first-order chi connectivity index (χ1) is 6.79. The molecule has 0 aliphatic carbocycles. The van der Waals surface area contributed by atoms with Crippen molar-refractivity contribution in [1.29, 1.82) is 0 Å². The molecular weight excluding hydrogens is 175 g/mol. The second kappa shape index (κ2) is 5.21. The molecule has 0 N–H and O–H groups in total. The second-order valence-electron chi connectivity index (χ2n) is 3.61. The smallest absolute Gasteiger partial charge is 1.00 e. The third kappa shape index (κ3) is 2.53. The monoisotopic (exact) mass is 190 g/mol. The fraction of sp³-hybridized carbons (Fsp3) is 0.143. The fourth-order valence-corrected chi connectivity index (χ4v) is 1.68. The minimum atomic E-state index is 0. The van der Waals surface area contributed by atoms with E-state index >= 15 is 0 Å². The number of hydrogen-bond acceptors (Lipinski definition) is 0. The van der Waals surface area contributed by atoms with Crippen LogP contribution in [0, 0.1) is 13.8 Å². The Labute approximate surface area is 105 Å². The van der Waals surface area contributed by atoms with Crippen LogP contribution in [0.15, 0.2) is 48.5 Å². The van der Waals surface area contributed by atoms with Crippen LogP contribution in [0.3, 0.4) is 0 Å². The molecule has 15 heavy (non-hydrogen) atoms. The standard InChI is InChI=1S/C14H14.Li.H/c1-11-7-6-10-14(12(11)2)13-8-4-3-5-9-13;;/h3-10H,1-2H3;;/q;+1;-1. The van der Waals surface area contributed by atoms with E-state index in [9.17, 15) is 0 Å². The van der Waals surface area contributed by atoms with E-state index in [0.717, 1.165) is 0 Å². The van der Waals surface area contributed by atoms with Crippen LogP contribution >= 0.6 is 0 Å². The molecule has 0 aliphatic rings. The van der Waals surface area contributed by atoms with Gasteiger partial charge in [-0.05, 0) is 36.1 Å². The summed E-state index contributed by atoms with van der Waals surface area (Å²) in [6.45, 7) is 4.33. The second-order valence-corrected chi connectivity index (χ2v) is 3.61. The zero-order valence-corrected chi connectivity index (χ0v) is 9.62. The van der Waals surface area contributed by atoms with E-state index in [1.54, 1.807) is 0 Å². The van der Waals surface area contributed by atoms with Crippen molar-refractivity contribution in [3.05, 3.63) is 59.7 Å². The zero-order valence-electron chi connectivity index (χ0n) is 10.6. The predicted molar refractivity (Wildman–Crippen MR) is 62.5 cm³/mol. The molecule has 0 heterocycles. The molecule has 0 saturated carbocycles. The molecule has 2 aromatic carbocycles. The molecule has 1 heteroatoms. The summed E-state index contributed by atoms with van der Waals surface area (Å²) in [6.07, 6.45) is 0. The van der Waals surface area contributed by atoms with Crippen LogP contribution in [0.25, 0.3) is 11.1 Å². The largest absolute Gasteiger partial charge is 1.00 e. The first kappa shape index (κ1) is 12.1. The van der Waals surface area contributed by atoms with Gasteiger partial charge in [-0.25, -0.2) is 0 Å². The van der Waals surface area contributed by atoms with Crippen molar-refractivity contribution in [3.8, 4) is 11.1 Å². The molecule has 0 saturated heterocycles. The van der Waals surface area contributed by atoms with Crippen molar-refractivity contribution >= 4 is 0 Å². The number of rotatable bonds is 1. The van der Waals surface area contributed by atoms with Crippen LogP contribution in [0.1, 0.15) is 12.6 Å². The summed E-state index contributed by atoms with van der Waals surface area (Å²) in [6, 6.07) is 17.0. The molecule has 0 bridgehead atoms. The van der Waals surface area contributed by atoms with Crippen LogP contribution in [0.2, 0.25) is 0 Å². The zero-order chi connectivity index (χ0) is 9.97. The normalized spacial score (nSPS) is 9.47. The third-order valence-electron chi connectivity index (χ3n) is 2.69. The quantitative estimate of drug-likeness (QED) is 0.590. The van der Waals surface area contributed by atoms with Gasteiger partial charge in [0, 0.05) is 0 Å². The van der Waals surface area contributed by atoms with Gasteiger partial charge < -0.3 is 1.43 Å². The van der Waals surface area contributed by atoms with Crippen molar-refractivity contribution < 1.29 is 20.3 Å². The Hall–Kier alpha value is -0.963. The van der Waals surface area contributed by atoms with Gasteiger partial charge in [0.2, 0.25) is 0 Å². The maximum atomic E-state index is 2.18. The summed E-state index contributed by atoms with van der Waals surface area (Å²) in [4.78, 5) is 0. The Bertz CT molecular complexity index is 438. The summed E-state index contributed by atoms with van der Waals surface area (Å²) in [7, 11) is 0. The van der Waals surface area contributed by atoms with Crippen LogP contribution in [0.5, 0.6) is 0 Å². The van der Waals surface area contributed by atoms with Crippen LogP contribution in [-0.2, 0) is 0 Å². The maximum absolute atomic E-state index is 2.18. The van der Waals surface area contributed by atoms with Gasteiger partial charge in [0.25, 0.3) is 0 Å². The van der Waals surface area contributed by atoms with Gasteiger partial charge in [-0.3, -0.25) is 0 Å². The number of hydrogen-bond donors (Lipinski definition) is 0. The fourth-order valence-electron chi connectivity index (χ4n) is 1.68. The van der Waals surface area contributed by atoms with E-state index < -0.39 is 0 Å². The average Bonchev–Trinajstić information content (AvgIpc) is 2.23. The van der Waals surface area contributed by atoms with Crippen molar-refractivity contribution in [2.45, 2.75) is 13.8 Å². The van der Waals surface area contributed by atoms with Gasteiger partial charge in [-0.1, -0.05) is 48.5 Å². The summed E-state index contributed by atoms with van der Waals surface area (Å²) < 4.78 is 0. The van der Waals surface area contributed by atoms with Gasteiger partial charge in [0.1, 0.15) is 0 Å². The minimum absolute atomic E-state index is 0. The van der Waals surface area contributed by atoms with Gasteiger partial charge in [0.15, 0.2) is 0 Å². The van der Waals surface area contributed by atoms with Gasteiger partial charge >= 0.3 is 18.9 Å². The van der Waals surface area contributed by atoms with E-state index in [1.165, 1.54) is 22.3 Å². The van der Waals surface area contributed by atoms with Gasteiger partial charge in [-0.15, -0.1) is 0 Å². The Kier molecular flexibility index (Phi) is 4.21. The summed E-state index contributed by atoms with van der Waals surface area (Å²) >= 11 is 0. The average molecular weight is 190 g/mol. The summed E-state index contributed by atoms with van der Waals surface area (Å²) in [5.41, 5.74) is 5.37. The summed E-state index contributed by atoms with van der Waals surface area (Å²) in [5.74, 6) is 0. The van der Waals surface area contributed by atoms with E-state index in [-0.39, 0.29) is 20.3 Å². The van der Waals surface area contributed by atoms with E-state index in [2.05, 4.69) is 62.4 Å². The number of aryl methyl sites for hydroxylation is 1. The molecule has 72 valence electrons. The molecule has 0 amide bonds. The van der Waals surface area contributed by atoms with Crippen LogP contribution in [-0.4, -0.2) is 0 Å². The first-order valence-corrected chi connectivity index (χ1v) is 4.90. The van der Waals surface area contributed by atoms with Gasteiger partial charge in [-0.2, -0.15) is 0 Å². The molecular formula is C14H15Li. The molecule has 0 fully saturated rings. The van der Waals surface area contributed by atoms with Crippen LogP contribution in [0.4, 0.5) is 0 Å². The Morgan fingerprint density at radius 3 is 2.13 bits per heavy atom. The van der Waals surface area contributed by atoms with E-state index in [4.69, 9.17) is 0 Å². The molecule has 0 aliphatic heterocycles. The maximum Gasteiger partial charge on any atom is 1.00 e. The van der Waals surface area contributed by atoms with E-state index in [1.807, 2.05) is 0 Å². The molecule has 2 aromatic rings. The Morgan fingerprint density at radius 2 is 1.47 bits per heavy atom. The van der Waals surface area contributed by atoms with Crippen molar-refractivity contribution in [3.63, 3.8) is 0 Å². The minimum Gasteiger partial charge on any atom is -1.00 e. The van der Waals surface area contributed by atoms with Crippen molar-refractivity contribution in [1.82, 2.24) is 0 Å². The van der Waals surface area contributed by atoms with Gasteiger partial charge in [0.05, 0.1) is 0 Å². The number of benzene rings is 2. The molecule has 0 radical (unpaired) electrons. The SMILES string of the molecule is Cc1cccc(-c2ccccc2)c1C.[H-].[Li+]. The molecule has 2 rings (SSSR count). The van der Waals surface area contributed by atoms with Crippen molar-refractivity contribution in [2.24, 2.45) is 0 Å². The van der Waals surface area contributed by atoms with Crippen molar-refractivity contribution in [2.75, 3.05) is 0 Å². The summed E-state index contributed by atoms with van der Waals surface area (Å²) in [5, 5.41) is 0. The third-order valence-corrected chi connectivity index (χ3v) is 2.69. The predicted octanol–water partition coefficient (Wildman–Crippen LogP) is 1.09. The Balaban J connectivity index is 0.00000112.